The van der Waals surface area contributed by atoms with Gasteiger partial charge in [0.25, 0.3) is 5.91 Å². The molecule has 1 aromatic heterocycles. The summed E-state index contributed by atoms with van der Waals surface area (Å²) in [5, 5.41) is 3.54. The number of carbonyl (C=O) groups is 2. The molecule has 2 aromatic rings. The smallest absolute Gasteiger partial charge is 0.341 e. The highest BCUT2D eigenvalue weighted by Gasteiger charge is 2.21. The second-order valence-corrected chi connectivity index (χ2v) is 5.38. The summed E-state index contributed by atoms with van der Waals surface area (Å²) in [4.78, 5) is 24.1. The van der Waals surface area contributed by atoms with Crippen LogP contribution >= 0.6 is 0 Å². The number of para-hydroxylation sites is 1. The lowest BCUT2D eigenvalue weighted by atomic mass is 10.2. The second kappa shape index (κ2) is 5.99. The van der Waals surface area contributed by atoms with Gasteiger partial charge >= 0.3 is 5.97 Å². The Morgan fingerprint density at radius 3 is 2.52 bits per heavy atom. The molecule has 0 radical (unpaired) electrons. The number of ether oxygens (including phenoxy) is 1. The lowest BCUT2D eigenvalue weighted by molar-refractivity contribution is -0.129. The molecule has 112 valence electrons. The Kier molecular flexibility index (Phi) is 4.31. The molecular weight excluding hydrogens is 268 g/mol. The van der Waals surface area contributed by atoms with Crippen LogP contribution in [0.5, 0.6) is 0 Å². The third-order valence-corrected chi connectivity index (χ3v) is 3.20. The molecule has 0 aliphatic rings. The first kappa shape index (κ1) is 15.1. The van der Waals surface area contributed by atoms with Crippen molar-refractivity contribution in [3.63, 3.8) is 0 Å². The van der Waals surface area contributed by atoms with E-state index in [0.29, 0.717) is 5.56 Å². The SMILES string of the molecule is CC(C)NC(=O)[C@H](C)OC(=O)c1cn(C)c2ccccc12. The molecule has 0 aliphatic heterocycles. The van der Waals surface area contributed by atoms with Crippen molar-refractivity contribution in [2.75, 3.05) is 0 Å². The number of nitrogens with zero attached hydrogens (tertiary/aromatic N) is 1. The molecule has 0 bridgehead atoms. The van der Waals surface area contributed by atoms with E-state index in [-0.39, 0.29) is 11.9 Å². The van der Waals surface area contributed by atoms with Crippen LogP contribution in [0.15, 0.2) is 30.5 Å². The van der Waals surface area contributed by atoms with E-state index in [9.17, 15) is 9.59 Å². The Bertz CT molecular complexity index is 673. The molecule has 1 aromatic carbocycles. The van der Waals surface area contributed by atoms with E-state index in [1.165, 1.54) is 0 Å². The minimum absolute atomic E-state index is 0.0104. The lowest BCUT2D eigenvalue weighted by Gasteiger charge is -2.15. The van der Waals surface area contributed by atoms with Crippen LogP contribution in [-0.2, 0) is 16.6 Å². The first-order valence-corrected chi connectivity index (χ1v) is 6.95. The first-order valence-electron chi connectivity index (χ1n) is 6.95. The van der Waals surface area contributed by atoms with Gasteiger partial charge in [-0.1, -0.05) is 18.2 Å². The van der Waals surface area contributed by atoms with E-state index in [1.54, 1.807) is 13.1 Å². The quantitative estimate of drug-likeness (QED) is 0.878. The Hall–Kier alpha value is -2.30. The van der Waals surface area contributed by atoms with Crippen LogP contribution in [0.2, 0.25) is 0 Å². The van der Waals surface area contributed by atoms with Gasteiger partial charge in [0.05, 0.1) is 5.56 Å². The minimum atomic E-state index is -0.820. The van der Waals surface area contributed by atoms with Crippen molar-refractivity contribution in [1.82, 2.24) is 9.88 Å². The van der Waals surface area contributed by atoms with Gasteiger partial charge in [0.1, 0.15) is 0 Å². The summed E-state index contributed by atoms with van der Waals surface area (Å²) >= 11 is 0. The highest BCUT2D eigenvalue weighted by molar-refractivity contribution is 6.05. The fourth-order valence-corrected chi connectivity index (χ4v) is 2.18. The second-order valence-electron chi connectivity index (χ2n) is 5.38. The van der Waals surface area contributed by atoms with Gasteiger partial charge < -0.3 is 14.6 Å². The molecule has 1 amide bonds. The van der Waals surface area contributed by atoms with Crippen LogP contribution in [0.25, 0.3) is 10.9 Å². The summed E-state index contributed by atoms with van der Waals surface area (Å²) in [6.45, 7) is 5.29. The van der Waals surface area contributed by atoms with Gasteiger partial charge in [-0.15, -0.1) is 0 Å². The molecule has 5 heteroatoms. The van der Waals surface area contributed by atoms with Crippen LogP contribution in [-0.4, -0.2) is 28.6 Å². The Morgan fingerprint density at radius 2 is 1.86 bits per heavy atom. The highest BCUT2D eigenvalue weighted by Crippen LogP contribution is 2.21. The fraction of sp³-hybridized carbons (Fsp3) is 0.375. The number of carbonyl (C=O) groups excluding carboxylic acids is 2. The normalized spacial score (nSPS) is 12.4. The van der Waals surface area contributed by atoms with Gasteiger partial charge in [0.2, 0.25) is 0 Å². The monoisotopic (exact) mass is 288 g/mol. The van der Waals surface area contributed by atoms with Crippen molar-refractivity contribution in [3.8, 4) is 0 Å². The van der Waals surface area contributed by atoms with E-state index < -0.39 is 12.1 Å². The molecule has 1 atom stereocenters. The van der Waals surface area contributed by atoms with Crippen LogP contribution < -0.4 is 5.32 Å². The maximum atomic E-state index is 12.3. The van der Waals surface area contributed by atoms with Crippen molar-refractivity contribution in [3.05, 3.63) is 36.0 Å². The molecule has 5 nitrogen and oxygen atoms in total. The summed E-state index contributed by atoms with van der Waals surface area (Å²) in [6, 6.07) is 7.59. The minimum Gasteiger partial charge on any atom is -0.449 e. The number of amides is 1. The zero-order valence-electron chi connectivity index (χ0n) is 12.7. The fourth-order valence-electron chi connectivity index (χ4n) is 2.18. The summed E-state index contributed by atoms with van der Waals surface area (Å²) in [6.07, 6.45) is 0.902. The number of fused-ring (bicyclic) bond motifs is 1. The number of aryl methyl sites for hydroxylation is 1. The third kappa shape index (κ3) is 3.24. The molecule has 1 heterocycles. The number of esters is 1. The summed E-state index contributed by atoms with van der Waals surface area (Å²) < 4.78 is 7.12. The van der Waals surface area contributed by atoms with Crippen molar-refractivity contribution in [1.29, 1.82) is 0 Å². The highest BCUT2D eigenvalue weighted by atomic mass is 16.5. The zero-order valence-corrected chi connectivity index (χ0v) is 12.7. The van der Waals surface area contributed by atoms with Gasteiger partial charge in [-0.05, 0) is 26.8 Å². The largest absolute Gasteiger partial charge is 0.449 e. The van der Waals surface area contributed by atoms with Crippen molar-refractivity contribution >= 4 is 22.8 Å². The summed E-state index contributed by atoms with van der Waals surface area (Å²) in [5.74, 6) is -0.781. The van der Waals surface area contributed by atoms with Gasteiger partial charge in [0.15, 0.2) is 6.10 Å². The van der Waals surface area contributed by atoms with Crippen LogP contribution in [0.1, 0.15) is 31.1 Å². The van der Waals surface area contributed by atoms with E-state index in [1.807, 2.05) is 49.7 Å². The molecule has 0 unspecified atom stereocenters. The number of benzene rings is 1. The number of nitrogens with one attached hydrogen (secondary N) is 1. The van der Waals surface area contributed by atoms with E-state index in [4.69, 9.17) is 4.74 Å². The van der Waals surface area contributed by atoms with E-state index in [0.717, 1.165) is 10.9 Å². The molecule has 21 heavy (non-hydrogen) atoms. The molecular formula is C16H20N2O3. The molecule has 0 saturated carbocycles. The standard InChI is InChI=1S/C16H20N2O3/c1-10(2)17-15(19)11(3)21-16(20)13-9-18(4)14-8-6-5-7-12(13)14/h5-11H,1-4H3,(H,17,19)/t11-/m0/s1. The molecule has 0 fully saturated rings. The van der Waals surface area contributed by atoms with Gasteiger partial charge in [0, 0.05) is 30.2 Å². The molecule has 0 saturated heterocycles. The third-order valence-electron chi connectivity index (χ3n) is 3.20. The van der Waals surface area contributed by atoms with E-state index >= 15 is 0 Å². The average molecular weight is 288 g/mol. The molecule has 1 N–H and O–H groups in total. The maximum Gasteiger partial charge on any atom is 0.341 e. The van der Waals surface area contributed by atoms with Crippen molar-refractivity contribution < 1.29 is 14.3 Å². The van der Waals surface area contributed by atoms with E-state index in [2.05, 4.69) is 5.32 Å². The van der Waals surface area contributed by atoms with Gasteiger partial charge in [-0.25, -0.2) is 4.79 Å². The first-order chi connectivity index (χ1) is 9.90. The molecule has 0 aliphatic carbocycles. The Labute approximate surface area is 123 Å². The Morgan fingerprint density at radius 1 is 1.19 bits per heavy atom. The average Bonchev–Trinajstić information content (AvgIpc) is 2.76. The number of hydrogen-bond donors (Lipinski definition) is 1. The van der Waals surface area contributed by atoms with Crippen LogP contribution in [0, 0.1) is 0 Å². The number of hydrogen-bond acceptors (Lipinski definition) is 3. The topological polar surface area (TPSA) is 60.3 Å². The lowest BCUT2D eigenvalue weighted by Crippen LogP contribution is -2.39. The number of aromatic nitrogens is 1. The summed E-state index contributed by atoms with van der Waals surface area (Å²) in [5.41, 5.74) is 1.42. The maximum absolute atomic E-state index is 12.3. The predicted molar refractivity (Wildman–Crippen MR) is 81.1 cm³/mol. The van der Waals surface area contributed by atoms with Gasteiger partial charge in [-0.2, -0.15) is 0 Å². The molecule has 2 rings (SSSR count). The van der Waals surface area contributed by atoms with Crippen LogP contribution in [0.4, 0.5) is 0 Å². The van der Waals surface area contributed by atoms with Crippen molar-refractivity contribution in [2.24, 2.45) is 7.05 Å². The predicted octanol–water partition coefficient (Wildman–Crippen LogP) is 2.25. The Balaban J connectivity index is 2.18. The van der Waals surface area contributed by atoms with Gasteiger partial charge in [-0.3, -0.25) is 4.79 Å². The number of rotatable bonds is 4. The zero-order chi connectivity index (χ0) is 15.6. The van der Waals surface area contributed by atoms with Crippen molar-refractivity contribution in [2.45, 2.75) is 32.9 Å². The molecule has 0 spiro atoms. The van der Waals surface area contributed by atoms with Crippen LogP contribution in [0.3, 0.4) is 0 Å². The summed E-state index contributed by atoms with van der Waals surface area (Å²) in [7, 11) is 1.87.